The molecule has 0 fully saturated rings. The molecule has 0 bridgehead atoms. The number of nitrogens with zero attached hydrogens (tertiary/aromatic N) is 1. The number of nitrogens with one attached hydrogen (secondary N) is 3. The Balaban J connectivity index is 0.00000312. The molecular weight excluding hydrogens is 447 g/mol. The van der Waals surface area contributed by atoms with Gasteiger partial charge in [-0.2, -0.15) is 0 Å². The average Bonchev–Trinajstić information content (AvgIpc) is 3.08. The number of carbonyl (C=O) groups excluding carboxylic acids is 1. The van der Waals surface area contributed by atoms with Crippen molar-refractivity contribution >= 4 is 52.9 Å². The molecule has 2 aromatic rings. The molecule has 0 aliphatic carbocycles. The lowest BCUT2D eigenvalue weighted by Crippen LogP contribution is -2.39. The Labute approximate surface area is 170 Å². The van der Waals surface area contributed by atoms with E-state index in [0.717, 1.165) is 37.6 Å². The second-order valence-electron chi connectivity index (χ2n) is 5.38. The summed E-state index contributed by atoms with van der Waals surface area (Å²) in [7, 11) is 1.78. The predicted octanol–water partition coefficient (Wildman–Crippen LogP) is 3.27. The maximum absolute atomic E-state index is 11.0. The molecule has 5 nitrogen and oxygen atoms in total. The Morgan fingerprint density at radius 2 is 1.76 bits per heavy atom. The summed E-state index contributed by atoms with van der Waals surface area (Å²) in [6.07, 6.45) is 1.90. The molecule has 0 saturated carbocycles. The van der Waals surface area contributed by atoms with E-state index in [2.05, 4.69) is 38.5 Å². The summed E-state index contributed by atoms with van der Waals surface area (Å²) in [6.45, 7) is 3.18. The van der Waals surface area contributed by atoms with Crippen LogP contribution in [0.4, 0.5) is 5.69 Å². The number of thiophene rings is 1. The number of benzene rings is 1. The Bertz CT molecular complexity index is 656. The third-order valence-electron chi connectivity index (χ3n) is 3.45. The molecule has 7 heteroatoms. The van der Waals surface area contributed by atoms with Gasteiger partial charge >= 0.3 is 0 Å². The fourth-order valence-corrected chi connectivity index (χ4v) is 2.97. The molecule has 0 radical (unpaired) electrons. The lowest BCUT2D eigenvalue weighted by Gasteiger charge is -2.11. The van der Waals surface area contributed by atoms with E-state index in [1.54, 1.807) is 18.4 Å². The molecule has 2 rings (SSSR count). The van der Waals surface area contributed by atoms with E-state index in [0.29, 0.717) is 0 Å². The Morgan fingerprint density at radius 3 is 2.32 bits per heavy atom. The second kappa shape index (κ2) is 11.9. The van der Waals surface area contributed by atoms with Crippen LogP contribution in [-0.2, 0) is 17.6 Å². The highest BCUT2D eigenvalue weighted by molar-refractivity contribution is 14.0. The first-order valence-electron chi connectivity index (χ1n) is 8.01. The molecule has 0 spiro atoms. The van der Waals surface area contributed by atoms with Gasteiger partial charge in [-0.1, -0.05) is 18.2 Å². The van der Waals surface area contributed by atoms with Crippen LogP contribution in [0.25, 0.3) is 0 Å². The fraction of sp³-hybridized carbons (Fsp3) is 0.333. The molecule has 1 amide bonds. The summed E-state index contributed by atoms with van der Waals surface area (Å²) in [6, 6.07) is 12.1. The molecule has 0 unspecified atom stereocenters. The van der Waals surface area contributed by atoms with Gasteiger partial charge in [-0.25, -0.2) is 0 Å². The topological polar surface area (TPSA) is 65.5 Å². The zero-order valence-electron chi connectivity index (χ0n) is 14.5. The SMILES string of the molecule is CN=C(NCCc1ccc(NC(C)=O)cc1)NCCc1cccs1.I. The lowest BCUT2D eigenvalue weighted by atomic mass is 10.1. The monoisotopic (exact) mass is 472 g/mol. The first-order valence-corrected chi connectivity index (χ1v) is 8.89. The van der Waals surface area contributed by atoms with Gasteiger partial charge in [0.05, 0.1) is 0 Å². The van der Waals surface area contributed by atoms with Crippen molar-refractivity contribution in [1.29, 1.82) is 0 Å². The molecule has 0 saturated heterocycles. The lowest BCUT2D eigenvalue weighted by molar-refractivity contribution is -0.114. The molecule has 1 aromatic carbocycles. The zero-order valence-corrected chi connectivity index (χ0v) is 17.7. The first kappa shape index (κ1) is 21.4. The van der Waals surface area contributed by atoms with Gasteiger partial charge in [-0.3, -0.25) is 9.79 Å². The molecule has 0 aliphatic rings. The normalized spacial score (nSPS) is 10.7. The number of aliphatic imine (C=N–C) groups is 1. The van der Waals surface area contributed by atoms with Crippen LogP contribution in [0.1, 0.15) is 17.4 Å². The summed E-state index contributed by atoms with van der Waals surface area (Å²) < 4.78 is 0. The molecule has 25 heavy (non-hydrogen) atoms. The first-order chi connectivity index (χ1) is 11.7. The molecular formula is C18H25IN4OS. The van der Waals surface area contributed by atoms with Crippen LogP contribution in [0.15, 0.2) is 46.8 Å². The van der Waals surface area contributed by atoms with Crippen LogP contribution in [0.2, 0.25) is 0 Å². The van der Waals surface area contributed by atoms with Crippen molar-refractivity contribution in [1.82, 2.24) is 10.6 Å². The largest absolute Gasteiger partial charge is 0.356 e. The van der Waals surface area contributed by atoms with Gasteiger partial charge in [0.25, 0.3) is 0 Å². The van der Waals surface area contributed by atoms with Crippen LogP contribution in [0.5, 0.6) is 0 Å². The number of hydrogen-bond donors (Lipinski definition) is 3. The van der Waals surface area contributed by atoms with E-state index < -0.39 is 0 Å². The van der Waals surface area contributed by atoms with E-state index >= 15 is 0 Å². The van der Waals surface area contributed by atoms with Crippen molar-refractivity contribution in [3.8, 4) is 0 Å². The highest BCUT2D eigenvalue weighted by atomic mass is 127. The molecule has 1 aromatic heterocycles. The third kappa shape index (κ3) is 8.35. The van der Waals surface area contributed by atoms with E-state index in [1.807, 2.05) is 24.3 Å². The van der Waals surface area contributed by atoms with Crippen molar-refractivity contribution in [2.75, 3.05) is 25.5 Å². The van der Waals surface area contributed by atoms with Crippen LogP contribution in [-0.4, -0.2) is 32.0 Å². The number of rotatable bonds is 7. The summed E-state index contributed by atoms with van der Waals surface area (Å²) in [5, 5.41) is 11.5. The van der Waals surface area contributed by atoms with Crippen LogP contribution >= 0.6 is 35.3 Å². The average molecular weight is 472 g/mol. The molecule has 0 aliphatic heterocycles. The summed E-state index contributed by atoms with van der Waals surface area (Å²) in [5.41, 5.74) is 2.04. The van der Waals surface area contributed by atoms with Crippen molar-refractivity contribution < 1.29 is 4.79 Å². The number of anilines is 1. The number of guanidine groups is 1. The quantitative estimate of drug-likeness (QED) is 0.329. The minimum atomic E-state index is -0.0539. The van der Waals surface area contributed by atoms with Gasteiger partial charge in [-0.05, 0) is 42.0 Å². The minimum absolute atomic E-state index is 0. The third-order valence-corrected chi connectivity index (χ3v) is 4.38. The Kier molecular flexibility index (Phi) is 10.2. The smallest absolute Gasteiger partial charge is 0.221 e. The van der Waals surface area contributed by atoms with Crippen LogP contribution < -0.4 is 16.0 Å². The molecule has 1 heterocycles. The predicted molar refractivity (Wildman–Crippen MR) is 117 cm³/mol. The fourth-order valence-electron chi connectivity index (χ4n) is 2.26. The number of halogens is 1. The van der Waals surface area contributed by atoms with Gasteiger partial charge in [0, 0.05) is 37.6 Å². The van der Waals surface area contributed by atoms with Crippen molar-refractivity contribution in [2.24, 2.45) is 4.99 Å². The Hall–Kier alpha value is -1.61. The van der Waals surface area contributed by atoms with Gasteiger partial charge in [0.2, 0.25) is 5.91 Å². The van der Waals surface area contributed by atoms with Crippen molar-refractivity contribution in [2.45, 2.75) is 19.8 Å². The number of amides is 1. The summed E-state index contributed by atoms with van der Waals surface area (Å²) in [4.78, 5) is 16.6. The standard InChI is InChI=1S/C18H24N4OS.HI/c1-14(23)22-16-7-5-15(6-8-16)9-11-20-18(19-2)21-12-10-17-4-3-13-24-17;/h3-8,13H,9-12H2,1-2H3,(H,22,23)(H2,19,20,21);1H. The van der Waals surface area contributed by atoms with Crippen LogP contribution in [0, 0.1) is 0 Å². The second-order valence-corrected chi connectivity index (χ2v) is 6.42. The van der Waals surface area contributed by atoms with E-state index in [-0.39, 0.29) is 29.9 Å². The van der Waals surface area contributed by atoms with Gasteiger partial charge in [-0.15, -0.1) is 35.3 Å². The van der Waals surface area contributed by atoms with E-state index in [1.165, 1.54) is 17.4 Å². The zero-order chi connectivity index (χ0) is 17.2. The minimum Gasteiger partial charge on any atom is -0.356 e. The molecule has 136 valence electrons. The summed E-state index contributed by atoms with van der Waals surface area (Å²) in [5.74, 6) is 0.767. The molecule has 3 N–H and O–H groups in total. The van der Waals surface area contributed by atoms with E-state index in [4.69, 9.17) is 0 Å². The van der Waals surface area contributed by atoms with Gasteiger partial charge in [0.15, 0.2) is 5.96 Å². The Morgan fingerprint density at radius 1 is 1.08 bits per heavy atom. The number of hydrogen-bond acceptors (Lipinski definition) is 3. The molecule has 0 atom stereocenters. The maximum Gasteiger partial charge on any atom is 0.221 e. The highest BCUT2D eigenvalue weighted by Gasteiger charge is 2.00. The number of carbonyl (C=O) groups is 1. The maximum atomic E-state index is 11.0. The van der Waals surface area contributed by atoms with Crippen LogP contribution in [0.3, 0.4) is 0 Å². The van der Waals surface area contributed by atoms with Gasteiger partial charge in [0.1, 0.15) is 0 Å². The van der Waals surface area contributed by atoms with Crippen molar-refractivity contribution in [3.05, 3.63) is 52.2 Å². The van der Waals surface area contributed by atoms with Gasteiger partial charge < -0.3 is 16.0 Å². The van der Waals surface area contributed by atoms with Crippen molar-refractivity contribution in [3.63, 3.8) is 0 Å². The highest BCUT2D eigenvalue weighted by Crippen LogP contribution is 2.10. The van der Waals surface area contributed by atoms with E-state index in [9.17, 15) is 4.79 Å². The summed E-state index contributed by atoms with van der Waals surface area (Å²) >= 11 is 1.78.